The number of carbonyl (C=O) groups is 2. The van der Waals surface area contributed by atoms with E-state index in [1.165, 1.54) is 0 Å². The van der Waals surface area contributed by atoms with Gasteiger partial charge in [0.2, 0.25) is 0 Å². The number of rotatable bonds is 4. The number of carboxylic acid groups (broad SMARTS) is 1. The van der Waals surface area contributed by atoms with E-state index in [4.69, 9.17) is 10.8 Å². The Morgan fingerprint density at radius 1 is 1.44 bits per heavy atom. The number of nitrogen functional groups attached to an aromatic ring is 1. The molecular weight excluding hydrogens is 300 g/mol. The highest BCUT2D eigenvalue weighted by molar-refractivity contribution is 9.10. The molecule has 0 aliphatic heterocycles. The van der Waals surface area contributed by atoms with Crippen molar-refractivity contribution in [2.75, 3.05) is 5.73 Å². The van der Waals surface area contributed by atoms with Gasteiger partial charge < -0.3 is 16.2 Å². The van der Waals surface area contributed by atoms with E-state index in [1.54, 1.807) is 32.0 Å². The van der Waals surface area contributed by atoms with Crippen LogP contribution in [0.15, 0.2) is 22.7 Å². The Hall–Kier alpha value is -1.56. The molecule has 98 valence electrons. The van der Waals surface area contributed by atoms with Gasteiger partial charge in [-0.25, -0.2) is 0 Å². The van der Waals surface area contributed by atoms with Crippen LogP contribution in [0.3, 0.4) is 0 Å². The number of anilines is 1. The zero-order valence-electron chi connectivity index (χ0n) is 10.2. The largest absolute Gasteiger partial charge is 0.481 e. The third kappa shape index (κ3) is 4.03. The summed E-state index contributed by atoms with van der Waals surface area (Å²) in [5.74, 6) is -1.35. The third-order valence-corrected chi connectivity index (χ3v) is 2.80. The molecule has 4 N–H and O–H groups in total. The van der Waals surface area contributed by atoms with Gasteiger partial charge in [0.1, 0.15) is 0 Å². The van der Waals surface area contributed by atoms with E-state index >= 15 is 0 Å². The third-order valence-electron chi connectivity index (χ3n) is 2.30. The minimum atomic E-state index is -0.968. The summed E-state index contributed by atoms with van der Waals surface area (Å²) in [4.78, 5) is 22.6. The molecule has 1 aromatic carbocycles. The number of hydrogen-bond acceptors (Lipinski definition) is 3. The maximum Gasteiger partial charge on any atom is 0.305 e. The second kappa shape index (κ2) is 5.39. The van der Waals surface area contributed by atoms with Crippen LogP contribution in [-0.2, 0) is 4.79 Å². The lowest BCUT2D eigenvalue weighted by Gasteiger charge is -2.24. The number of aliphatic carboxylic acids is 1. The van der Waals surface area contributed by atoms with Crippen LogP contribution in [0.25, 0.3) is 0 Å². The minimum Gasteiger partial charge on any atom is -0.481 e. The van der Waals surface area contributed by atoms with Gasteiger partial charge in [0.05, 0.1) is 12.0 Å². The van der Waals surface area contributed by atoms with Crippen LogP contribution in [0.5, 0.6) is 0 Å². The minimum absolute atomic E-state index is 0.158. The Morgan fingerprint density at radius 2 is 2.06 bits per heavy atom. The normalized spacial score (nSPS) is 11.1. The molecule has 0 aliphatic rings. The van der Waals surface area contributed by atoms with Gasteiger partial charge >= 0.3 is 5.97 Å². The lowest BCUT2D eigenvalue weighted by Crippen LogP contribution is -2.45. The van der Waals surface area contributed by atoms with Crippen LogP contribution in [0.4, 0.5) is 5.69 Å². The Kier molecular flexibility index (Phi) is 4.34. The van der Waals surface area contributed by atoms with Crippen molar-refractivity contribution in [3.05, 3.63) is 28.2 Å². The lowest BCUT2D eigenvalue weighted by atomic mass is 10.00. The smallest absolute Gasteiger partial charge is 0.305 e. The molecule has 0 aliphatic carbocycles. The first kappa shape index (κ1) is 14.5. The van der Waals surface area contributed by atoms with Gasteiger partial charge in [0, 0.05) is 15.7 Å². The molecule has 0 fully saturated rings. The summed E-state index contributed by atoms with van der Waals surface area (Å²) >= 11 is 3.25. The zero-order valence-corrected chi connectivity index (χ0v) is 11.7. The fourth-order valence-electron chi connectivity index (χ4n) is 1.54. The number of amides is 1. The molecule has 1 amide bonds. The van der Waals surface area contributed by atoms with E-state index in [-0.39, 0.29) is 12.3 Å². The number of benzene rings is 1. The average molecular weight is 315 g/mol. The molecule has 1 aromatic rings. The lowest BCUT2D eigenvalue weighted by molar-refractivity contribution is -0.138. The molecule has 0 unspecified atom stereocenters. The topological polar surface area (TPSA) is 92.4 Å². The van der Waals surface area contributed by atoms with Gasteiger partial charge in [-0.05, 0) is 32.0 Å². The van der Waals surface area contributed by atoms with Gasteiger partial charge in [-0.3, -0.25) is 9.59 Å². The molecule has 0 heterocycles. The summed E-state index contributed by atoms with van der Waals surface area (Å²) in [6, 6.07) is 4.92. The van der Waals surface area contributed by atoms with Crippen molar-refractivity contribution in [1.82, 2.24) is 5.32 Å². The van der Waals surface area contributed by atoms with Gasteiger partial charge in [-0.1, -0.05) is 15.9 Å². The average Bonchev–Trinajstić information content (AvgIpc) is 2.13. The van der Waals surface area contributed by atoms with Crippen molar-refractivity contribution < 1.29 is 14.7 Å². The quantitative estimate of drug-likeness (QED) is 0.741. The molecule has 18 heavy (non-hydrogen) atoms. The van der Waals surface area contributed by atoms with E-state index < -0.39 is 11.5 Å². The zero-order chi connectivity index (χ0) is 13.9. The number of carbonyl (C=O) groups excluding carboxylic acids is 1. The Labute approximate surface area is 113 Å². The predicted octanol–water partition coefficient (Wildman–Crippen LogP) is 2.01. The van der Waals surface area contributed by atoms with Crippen molar-refractivity contribution in [2.45, 2.75) is 25.8 Å². The number of hydrogen-bond donors (Lipinski definition) is 3. The molecular formula is C12H15BrN2O3. The molecule has 6 heteroatoms. The SMILES string of the molecule is CC(C)(CC(=O)O)NC(=O)c1ccc(Br)cc1N. The molecule has 0 atom stereocenters. The van der Waals surface area contributed by atoms with E-state index in [2.05, 4.69) is 21.2 Å². The summed E-state index contributed by atoms with van der Waals surface area (Å²) < 4.78 is 0.779. The summed E-state index contributed by atoms with van der Waals surface area (Å²) in [6.45, 7) is 3.29. The molecule has 1 rings (SSSR count). The Morgan fingerprint density at radius 3 is 2.56 bits per heavy atom. The predicted molar refractivity (Wildman–Crippen MR) is 72.4 cm³/mol. The first-order chi connectivity index (χ1) is 8.21. The van der Waals surface area contributed by atoms with Gasteiger partial charge in [-0.2, -0.15) is 0 Å². The fourth-order valence-corrected chi connectivity index (χ4v) is 1.92. The number of nitrogens with two attached hydrogens (primary N) is 1. The summed E-state index contributed by atoms with van der Waals surface area (Å²) in [5, 5.41) is 11.4. The van der Waals surface area contributed by atoms with E-state index in [1.807, 2.05) is 0 Å². The Balaban J connectivity index is 2.85. The molecule has 0 bridgehead atoms. The molecule has 0 spiro atoms. The summed E-state index contributed by atoms with van der Waals surface area (Å²) in [7, 11) is 0. The molecule has 0 radical (unpaired) electrons. The van der Waals surface area contributed by atoms with Crippen molar-refractivity contribution in [3.8, 4) is 0 Å². The standard InChI is InChI=1S/C12H15BrN2O3/c1-12(2,6-10(16)17)15-11(18)8-4-3-7(13)5-9(8)14/h3-5H,6,14H2,1-2H3,(H,15,18)(H,16,17). The van der Waals surface area contributed by atoms with E-state index in [9.17, 15) is 9.59 Å². The van der Waals surface area contributed by atoms with Crippen LogP contribution in [0, 0.1) is 0 Å². The molecule has 0 saturated carbocycles. The van der Waals surface area contributed by atoms with Gasteiger partial charge in [-0.15, -0.1) is 0 Å². The number of carboxylic acids is 1. The van der Waals surface area contributed by atoms with Crippen molar-refractivity contribution in [1.29, 1.82) is 0 Å². The highest BCUT2D eigenvalue weighted by Gasteiger charge is 2.25. The van der Waals surface area contributed by atoms with Crippen LogP contribution in [0.1, 0.15) is 30.6 Å². The molecule has 5 nitrogen and oxygen atoms in total. The second-order valence-corrected chi connectivity index (χ2v) is 5.56. The van der Waals surface area contributed by atoms with Gasteiger partial charge in [0.25, 0.3) is 5.91 Å². The highest BCUT2D eigenvalue weighted by atomic mass is 79.9. The van der Waals surface area contributed by atoms with Crippen LogP contribution in [-0.4, -0.2) is 22.5 Å². The highest BCUT2D eigenvalue weighted by Crippen LogP contribution is 2.19. The summed E-state index contributed by atoms with van der Waals surface area (Å²) in [6.07, 6.45) is -0.158. The maximum atomic E-state index is 12.0. The van der Waals surface area contributed by atoms with Crippen molar-refractivity contribution >= 4 is 33.5 Å². The van der Waals surface area contributed by atoms with Crippen LogP contribution >= 0.6 is 15.9 Å². The summed E-state index contributed by atoms with van der Waals surface area (Å²) in [5.41, 5.74) is 5.58. The van der Waals surface area contributed by atoms with Crippen LogP contribution in [0.2, 0.25) is 0 Å². The van der Waals surface area contributed by atoms with Crippen molar-refractivity contribution in [2.24, 2.45) is 0 Å². The number of halogens is 1. The molecule has 0 aromatic heterocycles. The fraction of sp³-hybridized carbons (Fsp3) is 0.333. The second-order valence-electron chi connectivity index (χ2n) is 4.64. The first-order valence-electron chi connectivity index (χ1n) is 5.30. The monoisotopic (exact) mass is 314 g/mol. The number of nitrogens with one attached hydrogen (secondary N) is 1. The van der Waals surface area contributed by atoms with Gasteiger partial charge in [0.15, 0.2) is 0 Å². The Bertz CT molecular complexity index is 486. The van der Waals surface area contributed by atoms with Crippen LogP contribution < -0.4 is 11.1 Å². The maximum absolute atomic E-state index is 12.0. The van der Waals surface area contributed by atoms with Crippen molar-refractivity contribution in [3.63, 3.8) is 0 Å². The van der Waals surface area contributed by atoms with E-state index in [0.717, 1.165) is 4.47 Å². The van der Waals surface area contributed by atoms with E-state index in [0.29, 0.717) is 11.3 Å². The molecule has 0 saturated heterocycles. The first-order valence-corrected chi connectivity index (χ1v) is 6.10.